The summed E-state index contributed by atoms with van der Waals surface area (Å²) < 4.78 is 12.9. The number of hydrogen-bond acceptors (Lipinski definition) is 6. The van der Waals surface area contributed by atoms with Crippen molar-refractivity contribution in [2.75, 3.05) is 5.32 Å². The molecule has 0 bridgehead atoms. The first kappa shape index (κ1) is 16.3. The van der Waals surface area contributed by atoms with E-state index in [0.717, 1.165) is 23.8 Å². The Morgan fingerprint density at radius 3 is 2.67 bits per heavy atom. The number of aryl methyl sites for hydroxylation is 1. The van der Waals surface area contributed by atoms with Gasteiger partial charge in [-0.1, -0.05) is 11.6 Å². The molecule has 0 aliphatic rings. The number of halogens is 2. The van der Waals surface area contributed by atoms with Crippen molar-refractivity contribution >= 4 is 17.5 Å². The van der Waals surface area contributed by atoms with Crippen LogP contribution >= 0.6 is 11.6 Å². The van der Waals surface area contributed by atoms with E-state index in [9.17, 15) is 4.39 Å². The van der Waals surface area contributed by atoms with E-state index in [2.05, 4.69) is 35.5 Å². The average molecular weight is 348 g/mol. The van der Waals surface area contributed by atoms with Gasteiger partial charge < -0.3 is 5.32 Å². The van der Waals surface area contributed by atoms with Gasteiger partial charge in [-0.2, -0.15) is 5.10 Å². The second kappa shape index (κ2) is 6.88. The number of hydrogen-bond donors (Lipinski definition) is 2. The summed E-state index contributed by atoms with van der Waals surface area (Å²) >= 11 is 6.17. The van der Waals surface area contributed by atoms with Crippen LogP contribution < -0.4 is 5.32 Å². The fraction of sp³-hybridized carbons (Fsp3) is 0.267. The number of aromatic nitrogens is 6. The first-order chi connectivity index (χ1) is 11.5. The molecule has 0 saturated carbocycles. The van der Waals surface area contributed by atoms with Gasteiger partial charge in [0.1, 0.15) is 5.82 Å². The molecule has 2 N–H and O–H groups in total. The molecular formula is C15H15ClFN7. The summed E-state index contributed by atoms with van der Waals surface area (Å²) in [4.78, 5) is 16.5. The maximum absolute atomic E-state index is 12.9. The molecule has 0 amide bonds. The summed E-state index contributed by atoms with van der Waals surface area (Å²) in [7, 11) is 0. The third-order valence-electron chi connectivity index (χ3n) is 3.30. The zero-order valence-electron chi connectivity index (χ0n) is 13.1. The van der Waals surface area contributed by atoms with E-state index in [-0.39, 0.29) is 6.04 Å². The molecule has 0 aliphatic carbocycles. The van der Waals surface area contributed by atoms with Crippen LogP contribution in [0.4, 0.5) is 10.3 Å². The lowest BCUT2D eigenvalue weighted by Crippen LogP contribution is -2.13. The molecule has 3 rings (SSSR count). The van der Waals surface area contributed by atoms with E-state index >= 15 is 0 Å². The maximum atomic E-state index is 12.9. The van der Waals surface area contributed by atoms with Crippen LogP contribution in [0.25, 0.3) is 0 Å². The molecule has 124 valence electrons. The zero-order valence-corrected chi connectivity index (χ0v) is 13.8. The first-order valence-electron chi connectivity index (χ1n) is 7.27. The van der Waals surface area contributed by atoms with Crippen LogP contribution in [0.15, 0.2) is 24.7 Å². The van der Waals surface area contributed by atoms with E-state index in [1.165, 1.54) is 6.20 Å². The largest absolute Gasteiger partial charge is 0.344 e. The molecule has 0 spiro atoms. The van der Waals surface area contributed by atoms with Gasteiger partial charge in [0.05, 0.1) is 41.0 Å². The zero-order chi connectivity index (χ0) is 17.1. The van der Waals surface area contributed by atoms with Gasteiger partial charge in [-0.3, -0.25) is 5.10 Å². The number of nitrogens with one attached hydrogen (secondary N) is 2. The van der Waals surface area contributed by atoms with E-state index < -0.39 is 5.82 Å². The van der Waals surface area contributed by atoms with Gasteiger partial charge in [0.25, 0.3) is 0 Å². The molecule has 3 aromatic heterocycles. The van der Waals surface area contributed by atoms with Crippen LogP contribution in [0.3, 0.4) is 0 Å². The molecule has 0 fully saturated rings. The normalized spacial score (nSPS) is 12.2. The molecule has 1 atom stereocenters. The van der Waals surface area contributed by atoms with Gasteiger partial charge in [0.2, 0.25) is 5.95 Å². The maximum Gasteiger partial charge on any atom is 0.223 e. The third-order valence-corrected chi connectivity index (χ3v) is 3.61. The Labute approximate surface area is 142 Å². The summed E-state index contributed by atoms with van der Waals surface area (Å²) in [6.45, 7) is 3.76. The number of aromatic amines is 1. The Kier molecular flexibility index (Phi) is 4.66. The fourth-order valence-electron chi connectivity index (χ4n) is 2.14. The number of H-pyrrole nitrogens is 1. The van der Waals surface area contributed by atoms with Gasteiger partial charge in [-0.15, -0.1) is 0 Å². The Balaban J connectivity index is 1.76. The van der Waals surface area contributed by atoms with Gasteiger partial charge in [-0.25, -0.2) is 24.3 Å². The van der Waals surface area contributed by atoms with Crippen molar-refractivity contribution in [1.82, 2.24) is 30.1 Å². The minimum absolute atomic E-state index is 0.285. The van der Waals surface area contributed by atoms with Crippen LogP contribution in [-0.2, 0) is 6.42 Å². The minimum atomic E-state index is -0.481. The Bertz CT molecular complexity index is 834. The van der Waals surface area contributed by atoms with E-state index in [0.29, 0.717) is 28.9 Å². The van der Waals surface area contributed by atoms with Crippen LogP contribution in [0.1, 0.15) is 35.9 Å². The second-order valence-electron chi connectivity index (χ2n) is 5.33. The number of anilines is 1. The SMILES string of the molecule is Cc1cc(Cc2nc(N[C@@H](C)c3ncc(F)cn3)ncc2Cl)n[nH]1. The Hall–Kier alpha value is -2.61. The summed E-state index contributed by atoms with van der Waals surface area (Å²) in [5, 5.41) is 10.6. The number of rotatable bonds is 5. The van der Waals surface area contributed by atoms with E-state index in [1.807, 2.05) is 19.9 Å². The predicted octanol–water partition coefficient (Wildman–Crippen LogP) is 2.85. The van der Waals surface area contributed by atoms with Gasteiger partial charge in [0, 0.05) is 12.1 Å². The van der Waals surface area contributed by atoms with Crippen molar-refractivity contribution in [2.24, 2.45) is 0 Å². The van der Waals surface area contributed by atoms with Crippen molar-refractivity contribution in [3.63, 3.8) is 0 Å². The Morgan fingerprint density at radius 1 is 1.25 bits per heavy atom. The lowest BCUT2D eigenvalue weighted by molar-refractivity contribution is 0.604. The van der Waals surface area contributed by atoms with Gasteiger partial charge >= 0.3 is 0 Å². The highest BCUT2D eigenvalue weighted by molar-refractivity contribution is 6.31. The highest BCUT2D eigenvalue weighted by atomic mass is 35.5. The Morgan fingerprint density at radius 2 is 2.00 bits per heavy atom. The molecule has 3 heterocycles. The quantitative estimate of drug-likeness (QED) is 0.737. The third kappa shape index (κ3) is 3.83. The number of nitrogens with zero attached hydrogens (tertiary/aromatic N) is 5. The molecule has 7 nitrogen and oxygen atoms in total. The standard InChI is InChI=1S/C15H15ClFN7/c1-8-3-11(24-23-8)4-13-12(16)7-20-15(22-13)21-9(2)14-18-5-10(17)6-19-14/h3,5-7,9H,4H2,1-2H3,(H,23,24)(H,20,21,22)/t9-/m0/s1. The van der Waals surface area contributed by atoms with Gasteiger partial charge in [-0.05, 0) is 19.9 Å². The molecule has 3 aromatic rings. The molecule has 0 saturated heterocycles. The monoisotopic (exact) mass is 347 g/mol. The van der Waals surface area contributed by atoms with Crippen molar-refractivity contribution < 1.29 is 4.39 Å². The first-order valence-corrected chi connectivity index (χ1v) is 7.65. The summed E-state index contributed by atoms with van der Waals surface area (Å²) in [5.74, 6) is 0.354. The smallest absolute Gasteiger partial charge is 0.223 e. The van der Waals surface area contributed by atoms with Crippen molar-refractivity contribution in [2.45, 2.75) is 26.3 Å². The molecular weight excluding hydrogens is 333 g/mol. The highest BCUT2D eigenvalue weighted by Gasteiger charge is 2.13. The highest BCUT2D eigenvalue weighted by Crippen LogP contribution is 2.19. The summed E-state index contributed by atoms with van der Waals surface area (Å²) in [6, 6.07) is 1.65. The van der Waals surface area contributed by atoms with Crippen molar-refractivity contribution in [1.29, 1.82) is 0 Å². The molecule has 0 aliphatic heterocycles. The van der Waals surface area contributed by atoms with E-state index in [1.54, 1.807) is 0 Å². The lowest BCUT2D eigenvalue weighted by atomic mass is 10.2. The van der Waals surface area contributed by atoms with Crippen molar-refractivity contribution in [3.8, 4) is 0 Å². The lowest BCUT2D eigenvalue weighted by Gasteiger charge is -2.13. The van der Waals surface area contributed by atoms with Crippen LogP contribution in [0.5, 0.6) is 0 Å². The molecule has 24 heavy (non-hydrogen) atoms. The molecule has 9 heteroatoms. The topological polar surface area (TPSA) is 92.3 Å². The minimum Gasteiger partial charge on any atom is -0.344 e. The second-order valence-corrected chi connectivity index (χ2v) is 5.74. The fourth-order valence-corrected chi connectivity index (χ4v) is 2.29. The van der Waals surface area contributed by atoms with Crippen LogP contribution in [0.2, 0.25) is 5.02 Å². The van der Waals surface area contributed by atoms with E-state index in [4.69, 9.17) is 11.6 Å². The van der Waals surface area contributed by atoms with Crippen molar-refractivity contribution in [3.05, 3.63) is 58.4 Å². The van der Waals surface area contributed by atoms with Gasteiger partial charge in [0.15, 0.2) is 5.82 Å². The summed E-state index contributed by atoms with van der Waals surface area (Å²) in [5.41, 5.74) is 2.47. The van der Waals surface area contributed by atoms with Crippen LogP contribution in [0, 0.1) is 12.7 Å². The predicted molar refractivity (Wildman–Crippen MR) is 87.2 cm³/mol. The molecule has 0 aromatic carbocycles. The molecule has 0 radical (unpaired) electrons. The van der Waals surface area contributed by atoms with Crippen LogP contribution in [-0.4, -0.2) is 30.1 Å². The molecule has 0 unspecified atom stereocenters. The average Bonchev–Trinajstić information content (AvgIpc) is 2.96. The summed E-state index contributed by atoms with van der Waals surface area (Å²) in [6.07, 6.45) is 4.26.